The predicted molar refractivity (Wildman–Crippen MR) is 99.8 cm³/mol. The minimum atomic E-state index is -0.980. The highest BCUT2D eigenvalue weighted by Crippen LogP contribution is 2.30. The molecule has 3 amide bonds. The average molecular weight is 389 g/mol. The second kappa shape index (κ2) is 8.39. The van der Waals surface area contributed by atoms with E-state index >= 15 is 0 Å². The van der Waals surface area contributed by atoms with Crippen LogP contribution in [-0.2, 0) is 23.9 Å². The van der Waals surface area contributed by atoms with Gasteiger partial charge in [0.05, 0.1) is 23.9 Å². The molecule has 150 valence electrons. The lowest BCUT2D eigenvalue weighted by molar-refractivity contribution is -0.140. The molecule has 0 aromatic heterocycles. The standard InChI is InChI=1S/C19H23N3O6/c1-28-13-8-12(9-19(26)27)21(10-13)17(24)6-7-18(25)22-11-16(23)20-14-4-2-3-5-15(14)22/h2-5,12-13H,6-11H2,1H3,(H,20,23)(H,26,27). The molecule has 2 aliphatic heterocycles. The van der Waals surface area contributed by atoms with Crippen LogP contribution in [0.15, 0.2) is 24.3 Å². The topological polar surface area (TPSA) is 116 Å². The van der Waals surface area contributed by atoms with Gasteiger partial charge in [0.1, 0.15) is 6.54 Å². The molecule has 0 aliphatic carbocycles. The molecule has 1 aromatic carbocycles. The molecule has 2 N–H and O–H groups in total. The lowest BCUT2D eigenvalue weighted by atomic mass is 10.1. The van der Waals surface area contributed by atoms with Crippen molar-refractivity contribution in [2.75, 3.05) is 30.4 Å². The van der Waals surface area contributed by atoms with E-state index in [1.54, 1.807) is 24.3 Å². The highest BCUT2D eigenvalue weighted by atomic mass is 16.5. The Bertz CT molecular complexity index is 796. The summed E-state index contributed by atoms with van der Waals surface area (Å²) in [5, 5.41) is 11.8. The Hall–Kier alpha value is -2.94. The fraction of sp³-hybridized carbons (Fsp3) is 0.474. The van der Waals surface area contributed by atoms with E-state index in [0.29, 0.717) is 24.3 Å². The van der Waals surface area contributed by atoms with Gasteiger partial charge in [0.2, 0.25) is 17.7 Å². The second-order valence-corrected chi connectivity index (χ2v) is 6.94. The first-order valence-corrected chi connectivity index (χ1v) is 9.12. The summed E-state index contributed by atoms with van der Waals surface area (Å²) in [6.45, 7) is 0.220. The summed E-state index contributed by atoms with van der Waals surface area (Å²) < 4.78 is 5.27. The highest BCUT2D eigenvalue weighted by Gasteiger charge is 2.36. The van der Waals surface area contributed by atoms with E-state index in [-0.39, 0.29) is 49.6 Å². The number of carbonyl (C=O) groups is 4. The summed E-state index contributed by atoms with van der Waals surface area (Å²) in [5.74, 6) is -1.88. The summed E-state index contributed by atoms with van der Waals surface area (Å²) in [4.78, 5) is 51.1. The van der Waals surface area contributed by atoms with E-state index in [1.807, 2.05) is 0 Å². The number of hydrogen-bond donors (Lipinski definition) is 2. The third-order valence-corrected chi connectivity index (χ3v) is 5.06. The lowest BCUT2D eigenvalue weighted by Crippen LogP contribution is -2.43. The summed E-state index contributed by atoms with van der Waals surface area (Å²) >= 11 is 0. The number of para-hydroxylation sites is 2. The molecule has 0 saturated carbocycles. The van der Waals surface area contributed by atoms with Crippen LogP contribution in [0.4, 0.5) is 11.4 Å². The number of methoxy groups -OCH3 is 1. The Labute approximate surface area is 162 Å². The Morgan fingerprint density at radius 1 is 1.21 bits per heavy atom. The normalized spacial score (nSPS) is 21.2. The Balaban J connectivity index is 1.63. The van der Waals surface area contributed by atoms with Crippen LogP contribution in [0, 0.1) is 0 Å². The van der Waals surface area contributed by atoms with Crippen molar-refractivity contribution in [3.8, 4) is 0 Å². The maximum atomic E-state index is 12.7. The number of nitrogens with one attached hydrogen (secondary N) is 1. The van der Waals surface area contributed by atoms with Crippen LogP contribution < -0.4 is 10.2 Å². The fourth-order valence-corrected chi connectivity index (χ4v) is 3.69. The summed E-state index contributed by atoms with van der Waals surface area (Å²) in [6, 6.07) is 6.54. The molecule has 0 spiro atoms. The number of anilines is 2. The molecule has 0 bridgehead atoms. The van der Waals surface area contributed by atoms with Crippen molar-refractivity contribution in [1.29, 1.82) is 0 Å². The second-order valence-electron chi connectivity index (χ2n) is 6.94. The molecule has 2 atom stereocenters. The molecular weight excluding hydrogens is 366 g/mol. The number of hydrogen-bond acceptors (Lipinski definition) is 5. The number of likely N-dealkylation sites (tertiary alicyclic amines) is 1. The number of amides is 3. The Morgan fingerprint density at radius 3 is 2.64 bits per heavy atom. The first kappa shape index (κ1) is 19.8. The van der Waals surface area contributed by atoms with Crippen LogP contribution in [0.3, 0.4) is 0 Å². The van der Waals surface area contributed by atoms with Crippen molar-refractivity contribution in [2.24, 2.45) is 0 Å². The largest absolute Gasteiger partial charge is 0.481 e. The number of rotatable bonds is 6. The first-order valence-electron chi connectivity index (χ1n) is 9.12. The molecule has 28 heavy (non-hydrogen) atoms. The van der Waals surface area contributed by atoms with E-state index in [1.165, 1.54) is 16.9 Å². The number of fused-ring (bicyclic) bond motifs is 1. The molecule has 2 aliphatic rings. The molecule has 1 fully saturated rings. The number of nitrogens with zero attached hydrogens (tertiary/aromatic N) is 2. The highest BCUT2D eigenvalue weighted by molar-refractivity contribution is 6.10. The number of benzene rings is 1. The minimum Gasteiger partial charge on any atom is -0.481 e. The molecular formula is C19H23N3O6. The first-order chi connectivity index (χ1) is 13.4. The maximum Gasteiger partial charge on any atom is 0.305 e. The van der Waals surface area contributed by atoms with Gasteiger partial charge in [-0.1, -0.05) is 12.1 Å². The summed E-state index contributed by atoms with van der Waals surface area (Å²) in [6.07, 6.45) is -0.0109. The van der Waals surface area contributed by atoms with Crippen LogP contribution in [0.25, 0.3) is 0 Å². The maximum absolute atomic E-state index is 12.7. The number of carboxylic acid groups (broad SMARTS) is 1. The van der Waals surface area contributed by atoms with Gasteiger partial charge in [0, 0.05) is 32.5 Å². The van der Waals surface area contributed by atoms with E-state index in [0.717, 1.165) is 0 Å². The van der Waals surface area contributed by atoms with Gasteiger partial charge in [0.25, 0.3) is 0 Å². The lowest BCUT2D eigenvalue weighted by Gasteiger charge is -2.29. The zero-order valence-corrected chi connectivity index (χ0v) is 15.6. The van der Waals surface area contributed by atoms with E-state index in [4.69, 9.17) is 9.84 Å². The summed E-state index contributed by atoms with van der Waals surface area (Å²) in [7, 11) is 1.53. The van der Waals surface area contributed by atoms with Crippen LogP contribution in [0.2, 0.25) is 0 Å². The van der Waals surface area contributed by atoms with Crippen molar-refractivity contribution >= 4 is 35.1 Å². The molecule has 2 unspecified atom stereocenters. The molecule has 9 nitrogen and oxygen atoms in total. The van der Waals surface area contributed by atoms with Crippen molar-refractivity contribution in [1.82, 2.24) is 4.90 Å². The molecule has 9 heteroatoms. The van der Waals surface area contributed by atoms with E-state index < -0.39 is 12.0 Å². The Kier molecular flexibility index (Phi) is 5.93. The Morgan fingerprint density at radius 2 is 1.93 bits per heavy atom. The van der Waals surface area contributed by atoms with Gasteiger partial charge in [-0.05, 0) is 18.6 Å². The molecule has 0 radical (unpaired) electrons. The van der Waals surface area contributed by atoms with Crippen LogP contribution in [0.5, 0.6) is 0 Å². The monoisotopic (exact) mass is 389 g/mol. The van der Waals surface area contributed by atoms with Gasteiger partial charge in [-0.3, -0.25) is 19.2 Å². The van der Waals surface area contributed by atoms with Crippen LogP contribution >= 0.6 is 0 Å². The summed E-state index contributed by atoms with van der Waals surface area (Å²) in [5.41, 5.74) is 1.16. The SMILES string of the molecule is COC1CC(CC(=O)O)N(C(=O)CCC(=O)N2CC(=O)Nc3ccccc32)C1. The molecule has 3 rings (SSSR count). The van der Waals surface area contributed by atoms with Crippen LogP contribution in [0.1, 0.15) is 25.7 Å². The van der Waals surface area contributed by atoms with Crippen molar-refractivity contribution in [3.63, 3.8) is 0 Å². The third-order valence-electron chi connectivity index (χ3n) is 5.06. The van der Waals surface area contributed by atoms with Crippen molar-refractivity contribution in [3.05, 3.63) is 24.3 Å². The van der Waals surface area contributed by atoms with E-state index in [9.17, 15) is 19.2 Å². The van der Waals surface area contributed by atoms with Crippen LogP contribution in [-0.4, -0.2) is 66.0 Å². The van der Waals surface area contributed by atoms with Gasteiger partial charge in [-0.2, -0.15) is 0 Å². The number of ether oxygens (including phenoxy) is 1. The minimum absolute atomic E-state index is 0.0499. The number of carbonyl (C=O) groups excluding carboxylic acids is 3. The average Bonchev–Trinajstić information content (AvgIpc) is 3.07. The van der Waals surface area contributed by atoms with Gasteiger partial charge in [0.15, 0.2) is 0 Å². The third kappa shape index (κ3) is 4.30. The number of carboxylic acids is 1. The van der Waals surface area contributed by atoms with Gasteiger partial charge >= 0.3 is 5.97 Å². The predicted octanol–water partition coefficient (Wildman–Crippen LogP) is 0.843. The zero-order chi connectivity index (χ0) is 20.3. The quantitative estimate of drug-likeness (QED) is 0.745. The van der Waals surface area contributed by atoms with Gasteiger partial charge < -0.3 is 25.0 Å². The van der Waals surface area contributed by atoms with Crippen molar-refractivity contribution < 1.29 is 29.0 Å². The van der Waals surface area contributed by atoms with Crippen molar-refractivity contribution in [2.45, 2.75) is 37.8 Å². The van der Waals surface area contributed by atoms with Gasteiger partial charge in [-0.25, -0.2) is 0 Å². The molecule has 1 saturated heterocycles. The smallest absolute Gasteiger partial charge is 0.305 e. The molecule has 2 heterocycles. The number of aliphatic carboxylic acids is 1. The van der Waals surface area contributed by atoms with Gasteiger partial charge in [-0.15, -0.1) is 0 Å². The van der Waals surface area contributed by atoms with E-state index in [2.05, 4.69) is 5.32 Å². The molecule has 1 aromatic rings. The zero-order valence-electron chi connectivity index (χ0n) is 15.6. The fourth-order valence-electron chi connectivity index (χ4n) is 3.69.